The minimum Gasteiger partial charge on any atom is -0.361 e. The molecule has 0 bridgehead atoms. The molecule has 0 spiro atoms. The molecule has 0 N–H and O–H groups in total. The van der Waals surface area contributed by atoms with Gasteiger partial charge in [0, 0.05) is 32.7 Å². The summed E-state index contributed by atoms with van der Waals surface area (Å²) in [5.74, 6) is -1.32. The number of aromatic nitrogens is 2. The van der Waals surface area contributed by atoms with Gasteiger partial charge in [-0.3, -0.25) is 4.79 Å². The van der Waals surface area contributed by atoms with E-state index in [9.17, 15) is 17.6 Å². The number of hydrogen-bond acceptors (Lipinski definition) is 5. The number of hydrogen-bond donors (Lipinski definition) is 0. The lowest BCUT2D eigenvalue weighted by Crippen LogP contribution is -2.22. The second-order valence-electron chi connectivity index (χ2n) is 7.45. The number of halogens is 2. The van der Waals surface area contributed by atoms with Crippen LogP contribution in [0, 0.1) is 5.82 Å². The Morgan fingerprint density at radius 3 is 2.56 bits per heavy atom. The van der Waals surface area contributed by atoms with E-state index in [1.54, 1.807) is 0 Å². The molecule has 2 rings (SSSR count). The Balaban J connectivity index is 2.31. The van der Waals surface area contributed by atoms with Gasteiger partial charge in [-0.15, -0.1) is 0 Å². The second-order valence-corrected chi connectivity index (χ2v) is 15.4. The van der Waals surface area contributed by atoms with E-state index in [1.165, 1.54) is 22.9 Å². The summed E-state index contributed by atoms with van der Waals surface area (Å²) in [6, 6.07) is 4.46. The Kier molecular flexibility index (Phi) is 6.62. The maximum absolute atomic E-state index is 13.3. The van der Waals surface area contributed by atoms with Crippen LogP contribution in [0.1, 0.15) is 16.2 Å². The minimum atomic E-state index is -3.61. The van der Waals surface area contributed by atoms with E-state index < -0.39 is 29.5 Å². The van der Waals surface area contributed by atoms with Crippen LogP contribution in [0.3, 0.4) is 0 Å². The molecule has 0 unspecified atom stereocenters. The third-order valence-corrected chi connectivity index (χ3v) is 6.70. The molecule has 2 aromatic rings. The number of ketones is 1. The highest BCUT2D eigenvalue weighted by molar-refractivity contribution is 7.90. The molecule has 0 fully saturated rings. The summed E-state index contributed by atoms with van der Waals surface area (Å²) in [5.41, 5.74) is 0.107. The van der Waals surface area contributed by atoms with Crippen molar-refractivity contribution in [3.63, 3.8) is 0 Å². The van der Waals surface area contributed by atoms with E-state index in [1.807, 2.05) is 0 Å². The highest BCUT2D eigenvalue weighted by Crippen LogP contribution is 2.20. The lowest BCUT2D eigenvalue weighted by molar-refractivity contribution is 0.0811. The molecule has 0 aliphatic carbocycles. The van der Waals surface area contributed by atoms with Gasteiger partial charge in [-0.25, -0.2) is 17.8 Å². The van der Waals surface area contributed by atoms with Crippen molar-refractivity contribution in [2.75, 3.05) is 12.9 Å². The van der Waals surface area contributed by atoms with E-state index in [-0.39, 0.29) is 28.2 Å². The van der Waals surface area contributed by atoms with Crippen LogP contribution in [-0.2, 0) is 21.3 Å². The highest BCUT2D eigenvalue weighted by atomic mass is 35.5. The van der Waals surface area contributed by atoms with Gasteiger partial charge < -0.3 is 9.30 Å². The van der Waals surface area contributed by atoms with Crippen LogP contribution < -0.4 is 0 Å². The molecular weight excluding hydrogens is 411 g/mol. The van der Waals surface area contributed by atoms with Crippen molar-refractivity contribution < 1.29 is 22.3 Å². The van der Waals surface area contributed by atoms with Gasteiger partial charge in [0.05, 0.1) is 5.02 Å². The van der Waals surface area contributed by atoms with E-state index >= 15 is 0 Å². The average Bonchev–Trinajstić information content (AvgIpc) is 2.97. The molecule has 0 amide bonds. The second kappa shape index (κ2) is 8.22. The minimum absolute atomic E-state index is 0.0109. The summed E-state index contributed by atoms with van der Waals surface area (Å²) in [5, 5.41) is -0.429. The lowest BCUT2D eigenvalue weighted by Gasteiger charge is -2.15. The highest BCUT2D eigenvalue weighted by Gasteiger charge is 2.23. The van der Waals surface area contributed by atoms with Crippen LogP contribution in [-0.4, -0.2) is 44.7 Å². The Morgan fingerprint density at radius 2 is 2.00 bits per heavy atom. The van der Waals surface area contributed by atoms with E-state index in [0.717, 1.165) is 18.4 Å². The molecule has 27 heavy (non-hydrogen) atoms. The van der Waals surface area contributed by atoms with Crippen molar-refractivity contribution in [2.45, 2.75) is 37.4 Å². The lowest BCUT2D eigenvalue weighted by atomic mass is 10.1. The Morgan fingerprint density at radius 1 is 1.33 bits per heavy atom. The third kappa shape index (κ3) is 5.96. The molecule has 0 saturated heterocycles. The largest absolute Gasteiger partial charge is 0.361 e. The zero-order valence-electron chi connectivity index (χ0n) is 15.6. The summed E-state index contributed by atoms with van der Waals surface area (Å²) in [6.45, 7) is 7.12. The van der Waals surface area contributed by atoms with Crippen LogP contribution in [0.5, 0.6) is 0 Å². The number of benzene rings is 1. The molecular formula is C17H22ClFN2O4SSi. The number of ether oxygens (including phenoxy) is 1. The number of rotatable bonds is 8. The van der Waals surface area contributed by atoms with Crippen LogP contribution in [0.4, 0.5) is 4.39 Å². The number of nitrogens with zero attached hydrogens (tertiary/aromatic N) is 2. The standard InChI is InChI=1S/C17H22ClFN2O4SSi/c1-26(23,24)15-10-21(11-25-7-8-27(2,3)4)17(20-15)16(22)12-5-6-14(19)13(18)9-12/h5-6,9-10H,7-8,11H2,1-4H3. The zero-order chi connectivity index (χ0) is 20.4. The van der Waals surface area contributed by atoms with Crippen LogP contribution >= 0.6 is 11.6 Å². The molecule has 1 heterocycles. The average molecular weight is 433 g/mol. The molecule has 6 nitrogen and oxygen atoms in total. The molecule has 0 radical (unpaired) electrons. The predicted octanol–water partition coefficient (Wildman–Crippen LogP) is 3.62. The van der Waals surface area contributed by atoms with Gasteiger partial charge in [-0.1, -0.05) is 31.2 Å². The first-order valence-corrected chi connectivity index (χ1v) is 14.2. The normalized spacial score (nSPS) is 12.4. The smallest absolute Gasteiger partial charge is 0.228 e. The summed E-state index contributed by atoms with van der Waals surface area (Å²) < 4.78 is 44.0. The molecule has 148 valence electrons. The number of carbonyl (C=O) groups excluding carboxylic acids is 1. The number of carbonyl (C=O) groups is 1. The molecule has 0 atom stereocenters. The summed E-state index contributed by atoms with van der Waals surface area (Å²) in [4.78, 5) is 16.7. The van der Waals surface area contributed by atoms with Crippen molar-refractivity contribution in [3.8, 4) is 0 Å². The van der Waals surface area contributed by atoms with Gasteiger partial charge in [-0.05, 0) is 24.2 Å². The maximum atomic E-state index is 13.3. The van der Waals surface area contributed by atoms with Gasteiger partial charge in [0.15, 0.2) is 20.7 Å². The molecule has 0 saturated carbocycles. The van der Waals surface area contributed by atoms with Crippen LogP contribution in [0.15, 0.2) is 29.4 Å². The Bertz CT molecular complexity index is 954. The SMILES string of the molecule is C[Si](C)(C)CCOCn1cc(S(C)(=O)=O)nc1C(=O)c1ccc(F)c(Cl)c1. The first-order chi connectivity index (χ1) is 12.4. The first-order valence-electron chi connectivity index (χ1n) is 8.23. The fraction of sp³-hybridized carbons (Fsp3) is 0.412. The Hall–Kier alpha value is -1.55. The maximum Gasteiger partial charge on any atom is 0.228 e. The molecule has 1 aromatic heterocycles. The fourth-order valence-electron chi connectivity index (χ4n) is 2.16. The first kappa shape index (κ1) is 21.7. The van der Waals surface area contributed by atoms with Crippen molar-refractivity contribution >= 4 is 35.3 Å². The van der Waals surface area contributed by atoms with E-state index in [2.05, 4.69) is 24.6 Å². The van der Waals surface area contributed by atoms with E-state index in [0.29, 0.717) is 6.61 Å². The predicted molar refractivity (Wildman–Crippen MR) is 104 cm³/mol. The van der Waals surface area contributed by atoms with Crippen LogP contribution in [0.25, 0.3) is 0 Å². The fourth-order valence-corrected chi connectivity index (χ4v) is 3.67. The zero-order valence-corrected chi connectivity index (χ0v) is 18.2. The van der Waals surface area contributed by atoms with Crippen LogP contribution in [0.2, 0.25) is 30.7 Å². The molecule has 10 heteroatoms. The number of imidazole rings is 1. The topological polar surface area (TPSA) is 78.3 Å². The Labute approximate surface area is 164 Å². The molecule has 0 aliphatic heterocycles. The summed E-state index contributed by atoms with van der Waals surface area (Å²) in [7, 11) is -4.89. The molecule has 0 aliphatic rings. The summed E-state index contributed by atoms with van der Waals surface area (Å²) in [6.07, 6.45) is 2.27. The molecule has 1 aromatic carbocycles. The van der Waals surface area contributed by atoms with Gasteiger partial charge >= 0.3 is 0 Å². The van der Waals surface area contributed by atoms with Crippen molar-refractivity contribution in [2.24, 2.45) is 0 Å². The van der Waals surface area contributed by atoms with Crippen molar-refractivity contribution in [1.82, 2.24) is 9.55 Å². The quantitative estimate of drug-likeness (QED) is 0.361. The third-order valence-electron chi connectivity index (χ3n) is 3.75. The monoisotopic (exact) mass is 432 g/mol. The van der Waals surface area contributed by atoms with Crippen molar-refractivity contribution in [3.05, 3.63) is 46.6 Å². The van der Waals surface area contributed by atoms with Gasteiger partial charge in [0.25, 0.3) is 0 Å². The van der Waals surface area contributed by atoms with Gasteiger partial charge in [0.2, 0.25) is 5.78 Å². The van der Waals surface area contributed by atoms with E-state index in [4.69, 9.17) is 16.3 Å². The van der Waals surface area contributed by atoms with Crippen molar-refractivity contribution in [1.29, 1.82) is 0 Å². The van der Waals surface area contributed by atoms with Gasteiger partial charge in [0.1, 0.15) is 12.5 Å². The van der Waals surface area contributed by atoms with Gasteiger partial charge in [-0.2, -0.15) is 0 Å². The number of sulfone groups is 1. The summed E-state index contributed by atoms with van der Waals surface area (Å²) >= 11 is 5.74.